The molecule has 1 N–H and O–H groups in total. The highest BCUT2D eigenvalue weighted by Crippen LogP contribution is 2.44. The van der Waals surface area contributed by atoms with Crippen LogP contribution in [-0.4, -0.2) is 44.6 Å². The molecular formula is C31H34N2O5. The fraction of sp³-hybridized carbons (Fsp3) is 0.290. The van der Waals surface area contributed by atoms with Crippen LogP contribution in [0.25, 0.3) is 5.76 Å². The van der Waals surface area contributed by atoms with Crippen LogP contribution in [0.15, 0.2) is 66.2 Å². The molecule has 1 aliphatic heterocycles. The number of aliphatic hydroxyl groups excluding tert-OH is 1. The summed E-state index contributed by atoms with van der Waals surface area (Å²) in [5, 5.41) is 11.6. The van der Waals surface area contributed by atoms with Crippen molar-refractivity contribution in [1.82, 2.24) is 0 Å². The first kappa shape index (κ1) is 26.8. The number of rotatable bonds is 8. The van der Waals surface area contributed by atoms with Crippen LogP contribution in [0, 0.1) is 13.8 Å². The molecule has 0 radical (unpaired) electrons. The van der Waals surface area contributed by atoms with Crippen LogP contribution in [0.5, 0.6) is 11.5 Å². The summed E-state index contributed by atoms with van der Waals surface area (Å²) < 4.78 is 11.4. The van der Waals surface area contributed by atoms with Crippen molar-refractivity contribution in [3.05, 3.63) is 88.5 Å². The molecular weight excluding hydrogens is 480 g/mol. The number of amides is 1. The molecule has 0 bridgehead atoms. The molecule has 7 heteroatoms. The van der Waals surface area contributed by atoms with Gasteiger partial charge in [0.1, 0.15) is 17.3 Å². The van der Waals surface area contributed by atoms with Gasteiger partial charge < -0.3 is 19.5 Å². The summed E-state index contributed by atoms with van der Waals surface area (Å²) in [6.07, 6.45) is 0.838. The molecule has 0 aromatic heterocycles. The third kappa shape index (κ3) is 4.96. The van der Waals surface area contributed by atoms with Crippen LogP contribution in [0.1, 0.15) is 41.6 Å². The van der Waals surface area contributed by atoms with Gasteiger partial charge in [-0.2, -0.15) is 0 Å². The lowest BCUT2D eigenvalue weighted by molar-refractivity contribution is -0.132. The van der Waals surface area contributed by atoms with Gasteiger partial charge in [0.05, 0.1) is 30.9 Å². The summed E-state index contributed by atoms with van der Waals surface area (Å²) in [4.78, 5) is 30.6. The van der Waals surface area contributed by atoms with Crippen molar-refractivity contribution in [2.75, 3.05) is 37.6 Å². The molecule has 1 heterocycles. The molecule has 1 fully saturated rings. The SMILES string of the molecule is CCCOc1cccc(N2C(=O)C(=O)/C(=C(/O)c3cc(C)cc(C)c3OC)C2c2ccc(N(C)C)cc2)c1. The number of anilines is 2. The number of aliphatic hydroxyl groups is 1. The molecule has 1 aliphatic rings. The lowest BCUT2D eigenvalue weighted by atomic mass is 9.93. The highest BCUT2D eigenvalue weighted by atomic mass is 16.5. The van der Waals surface area contributed by atoms with Crippen LogP contribution in [0.3, 0.4) is 0 Å². The van der Waals surface area contributed by atoms with Gasteiger partial charge in [0, 0.05) is 31.5 Å². The first-order valence-electron chi connectivity index (χ1n) is 12.6. The first-order valence-corrected chi connectivity index (χ1v) is 12.6. The van der Waals surface area contributed by atoms with E-state index in [4.69, 9.17) is 9.47 Å². The zero-order chi connectivity index (χ0) is 27.6. The van der Waals surface area contributed by atoms with Crippen molar-refractivity contribution >= 4 is 28.8 Å². The lowest BCUT2D eigenvalue weighted by Crippen LogP contribution is -2.29. The Kier molecular flexibility index (Phi) is 7.76. The molecule has 198 valence electrons. The van der Waals surface area contributed by atoms with Gasteiger partial charge in [-0.05, 0) is 67.3 Å². The fourth-order valence-electron chi connectivity index (χ4n) is 4.86. The smallest absolute Gasteiger partial charge is 0.300 e. The number of nitrogens with zero attached hydrogens (tertiary/aromatic N) is 2. The first-order chi connectivity index (χ1) is 18.2. The molecule has 1 atom stereocenters. The number of ketones is 1. The van der Waals surface area contributed by atoms with Crippen LogP contribution in [-0.2, 0) is 9.59 Å². The molecule has 3 aromatic rings. The molecule has 3 aromatic carbocycles. The maximum Gasteiger partial charge on any atom is 0.300 e. The van der Waals surface area contributed by atoms with Crippen LogP contribution >= 0.6 is 0 Å². The average Bonchev–Trinajstić information content (AvgIpc) is 3.17. The van der Waals surface area contributed by atoms with Gasteiger partial charge in [0.2, 0.25) is 0 Å². The number of aryl methyl sites for hydroxylation is 2. The monoisotopic (exact) mass is 514 g/mol. The van der Waals surface area contributed by atoms with E-state index in [1.54, 1.807) is 24.3 Å². The summed E-state index contributed by atoms with van der Waals surface area (Å²) in [5.74, 6) is -0.691. The Balaban J connectivity index is 1.95. The standard InChI is InChI=1S/C31H34N2O5/c1-7-15-38-24-10-8-9-23(18-24)33-27(21-11-13-22(14-12-21)32(4)5)26(29(35)31(33)36)28(34)25-17-19(2)16-20(3)30(25)37-6/h8-14,16-18,27,34H,7,15H2,1-6H3/b28-26+. The minimum absolute atomic E-state index is 0.00998. The minimum Gasteiger partial charge on any atom is -0.507 e. The highest BCUT2D eigenvalue weighted by Gasteiger charge is 2.47. The number of Topliss-reactive ketones (excluding diaryl/α,β-unsaturated/α-hetero) is 1. The molecule has 1 amide bonds. The Labute approximate surface area is 223 Å². The summed E-state index contributed by atoms with van der Waals surface area (Å²) in [5.41, 5.74) is 4.27. The molecule has 0 spiro atoms. The van der Waals surface area contributed by atoms with Crippen molar-refractivity contribution in [1.29, 1.82) is 0 Å². The Morgan fingerprint density at radius 2 is 1.74 bits per heavy atom. The maximum absolute atomic E-state index is 13.6. The summed E-state index contributed by atoms with van der Waals surface area (Å²) in [7, 11) is 5.40. The van der Waals surface area contributed by atoms with Gasteiger partial charge >= 0.3 is 0 Å². The molecule has 0 aliphatic carbocycles. The Morgan fingerprint density at radius 1 is 1.03 bits per heavy atom. The molecule has 0 saturated carbocycles. The van der Waals surface area contributed by atoms with Crippen LogP contribution in [0.2, 0.25) is 0 Å². The fourth-order valence-corrected chi connectivity index (χ4v) is 4.86. The second-order valence-corrected chi connectivity index (χ2v) is 9.66. The van der Waals surface area contributed by atoms with Crippen molar-refractivity contribution in [2.45, 2.75) is 33.2 Å². The van der Waals surface area contributed by atoms with Crippen molar-refractivity contribution < 1.29 is 24.2 Å². The number of ether oxygens (including phenoxy) is 2. The van der Waals surface area contributed by atoms with Gasteiger partial charge in [0.15, 0.2) is 0 Å². The maximum atomic E-state index is 13.6. The average molecular weight is 515 g/mol. The number of hydrogen-bond donors (Lipinski definition) is 1. The Hall–Kier alpha value is -4.26. The molecule has 38 heavy (non-hydrogen) atoms. The van der Waals surface area contributed by atoms with E-state index in [0.29, 0.717) is 34.9 Å². The zero-order valence-corrected chi connectivity index (χ0v) is 22.7. The lowest BCUT2D eigenvalue weighted by Gasteiger charge is -2.26. The summed E-state index contributed by atoms with van der Waals surface area (Å²) in [6.45, 7) is 6.33. The third-order valence-electron chi connectivity index (χ3n) is 6.62. The van der Waals surface area contributed by atoms with Crippen molar-refractivity contribution in [3.63, 3.8) is 0 Å². The molecule has 4 rings (SSSR count). The van der Waals surface area contributed by atoms with E-state index in [1.165, 1.54) is 12.0 Å². The second-order valence-electron chi connectivity index (χ2n) is 9.66. The van der Waals surface area contributed by atoms with E-state index < -0.39 is 17.7 Å². The number of carbonyl (C=O) groups is 2. The van der Waals surface area contributed by atoms with E-state index in [0.717, 1.165) is 23.2 Å². The highest BCUT2D eigenvalue weighted by molar-refractivity contribution is 6.51. The quantitative estimate of drug-likeness (QED) is 0.233. The largest absolute Gasteiger partial charge is 0.507 e. The minimum atomic E-state index is -0.849. The molecule has 1 unspecified atom stereocenters. The number of carbonyl (C=O) groups excluding carboxylic acids is 2. The summed E-state index contributed by atoms with van der Waals surface area (Å²) in [6, 6.07) is 17.6. The molecule has 1 saturated heterocycles. The number of methoxy groups -OCH3 is 1. The van der Waals surface area contributed by atoms with Crippen molar-refractivity contribution in [3.8, 4) is 11.5 Å². The van der Waals surface area contributed by atoms with E-state index in [1.807, 2.05) is 76.2 Å². The van der Waals surface area contributed by atoms with E-state index >= 15 is 0 Å². The van der Waals surface area contributed by atoms with Crippen molar-refractivity contribution in [2.24, 2.45) is 0 Å². The Bertz CT molecular complexity index is 1390. The van der Waals surface area contributed by atoms with E-state index in [9.17, 15) is 14.7 Å². The zero-order valence-electron chi connectivity index (χ0n) is 22.7. The van der Waals surface area contributed by atoms with Crippen LogP contribution in [0.4, 0.5) is 11.4 Å². The normalized spacial score (nSPS) is 16.6. The van der Waals surface area contributed by atoms with Gasteiger partial charge in [-0.15, -0.1) is 0 Å². The van der Waals surface area contributed by atoms with E-state index in [2.05, 4.69) is 0 Å². The summed E-state index contributed by atoms with van der Waals surface area (Å²) >= 11 is 0. The molecule has 7 nitrogen and oxygen atoms in total. The topological polar surface area (TPSA) is 79.3 Å². The van der Waals surface area contributed by atoms with Gasteiger partial charge in [-0.1, -0.05) is 31.2 Å². The van der Waals surface area contributed by atoms with Crippen LogP contribution < -0.4 is 19.3 Å². The Morgan fingerprint density at radius 3 is 2.37 bits per heavy atom. The van der Waals surface area contributed by atoms with Gasteiger partial charge in [-0.25, -0.2) is 0 Å². The predicted octanol–water partition coefficient (Wildman–Crippen LogP) is 5.79. The van der Waals surface area contributed by atoms with Gasteiger partial charge in [0.25, 0.3) is 11.7 Å². The van der Waals surface area contributed by atoms with E-state index in [-0.39, 0.29) is 11.3 Å². The van der Waals surface area contributed by atoms with Gasteiger partial charge in [-0.3, -0.25) is 14.5 Å². The number of hydrogen-bond acceptors (Lipinski definition) is 6. The predicted molar refractivity (Wildman–Crippen MR) is 150 cm³/mol. The second kappa shape index (κ2) is 11.0. The third-order valence-corrected chi connectivity index (χ3v) is 6.62. The number of benzene rings is 3.